The molecule has 0 amide bonds. The Labute approximate surface area is 281 Å². The Kier molecular flexibility index (Phi) is 10.8. The summed E-state index contributed by atoms with van der Waals surface area (Å²) >= 11 is 6.51. The van der Waals surface area contributed by atoms with Gasteiger partial charge >= 0.3 is 0 Å². The summed E-state index contributed by atoms with van der Waals surface area (Å²) in [6.45, 7) is 9.10. The van der Waals surface area contributed by atoms with Gasteiger partial charge in [0.15, 0.2) is 23.1 Å². The molecule has 7 rings (SSSR count). The van der Waals surface area contributed by atoms with E-state index in [-0.39, 0.29) is 24.0 Å². The minimum Gasteiger partial charge on any atom is -0.388 e. The lowest BCUT2D eigenvalue weighted by atomic mass is 9.71. The zero-order valence-corrected chi connectivity index (χ0v) is 28.4. The number of nitrogens with one attached hydrogen (secondary N) is 1. The number of aryl methyl sites for hydroxylation is 1. The lowest BCUT2D eigenvalue weighted by Gasteiger charge is -2.30. The molecule has 0 unspecified atom stereocenters. The Morgan fingerprint density at radius 1 is 0.958 bits per heavy atom. The molecule has 5 aromatic rings. The van der Waals surface area contributed by atoms with E-state index in [1.54, 1.807) is 29.3 Å². The topological polar surface area (TPSA) is 204 Å². The van der Waals surface area contributed by atoms with Crippen LogP contribution in [0, 0.1) is 10.8 Å². The number of aromatic nitrogens is 7. The number of aliphatic hydroxyl groups excluding tert-OH is 1. The molecule has 0 aliphatic carbocycles. The maximum atomic E-state index is 10.4. The smallest absolute Gasteiger partial charge is 0.264 e. The van der Waals surface area contributed by atoms with Gasteiger partial charge in [-0.1, -0.05) is 40.9 Å². The van der Waals surface area contributed by atoms with Crippen LogP contribution in [0.15, 0.2) is 68.9 Å². The molecule has 48 heavy (non-hydrogen) atoms. The highest BCUT2D eigenvalue weighted by molar-refractivity contribution is 7.85. The number of rotatable bonds is 9. The fourth-order valence-electron chi connectivity index (χ4n) is 5.67. The molecule has 0 spiro atoms. The van der Waals surface area contributed by atoms with Gasteiger partial charge in [-0.15, -0.1) is 0 Å². The van der Waals surface area contributed by atoms with E-state index in [0.29, 0.717) is 22.5 Å². The van der Waals surface area contributed by atoms with Gasteiger partial charge in [-0.3, -0.25) is 13.8 Å². The number of hydrogen-bond acceptors (Lipinski definition) is 16. The molecule has 0 aromatic carbocycles. The summed E-state index contributed by atoms with van der Waals surface area (Å²) in [5, 5.41) is 26.8. The number of anilines is 3. The van der Waals surface area contributed by atoms with Gasteiger partial charge in [0.1, 0.15) is 18.2 Å². The Balaban J connectivity index is 0.000000204. The van der Waals surface area contributed by atoms with Crippen LogP contribution < -0.4 is 10.2 Å². The summed E-state index contributed by atoms with van der Waals surface area (Å²) < 4.78 is 41.4. The first kappa shape index (κ1) is 35.0. The van der Waals surface area contributed by atoms with Gasteiger partial charge in [-0.2, -0.15) is 18.5 Å². The second-order valence-corrected chi connectivity index (χ2v) is 14.1. The SMILES string of the molecule is CS(=O)(=O)OCc1ccno1.Cn1cc(Nc2ncc(Cl)c(N3C[C@]4(C)CN(Cc5ccno5)C[C@]4(C)C3)n2)cn1.OCc1ccno1. The first-order valence-corrected chi connectivity index (χ1v) is 16.9. The van der Waals surface area contributed by atoms with Crippen molar-refractivity contribution < 1.29 is 31.3 Å². The molecule has 258 valence electrons. The highest BCUT2D eigenvalue weighted by Gasteiger charge is 2.58. The minimum atomic E-state index is -3.39. The van der Waals surface area contributed by atoms with Crippen LogP contribution in [0.4, 0.5) is 17.5 Å². The van der Waals surface area contributed by atoms with Crippen LogP contribution in [0.3, 0.4) is 0 Å². The van der Waals surface area contributed by atoms with Crippen molar-refractivity contribution in [3.05, 3.63) is 77.7 Å². The van der Waals surface area contributed by atoms with Gasteiger partial charge in [0.05, 0.1) is 49.5 Å². The third kappa shape index (κ3) is 8.95. The third-order valence-electron chi connectivity index (χ3n) is 8.09. The number of nitrogens with zero attached hydrogens (tertiary/aromatic N) is 9. The molecule has 2 aliphatic heterocycles. The molecule has 2 saturated heterocycles. The van der Waals surface area contributed by atoms with Crippen LogP contribution in [-0.4, -0.2) is 86.1 Å². The molecule has 0 saturated carbocycles. The molecule has 2 N–H and O–H groups in total. The van der Waals surface area contributed by atoms with Gasteiger partial charge in [0.2, 0.25) is 5.95 Å². The summed E-state index contributed by atoms with van der Waals surface area (Å²) in [4.78, 5) is 13.8. The molecular formula is C29H37ClN10O7S. The normalized spacial score (nSPS) is 20.5. The van der Waals surface area contributed by atoms with Crippen LogP contribution in [0.5, 0.6) is 0 Å². The summed E-state index contributed by atoms with van der Waals surface area (Å²) in [5.74, 6) is 3.08. The van der Waals surface area contributed by atoms with Gasteiger partial charge in [-0.25, -0.2) is 4.98 Å². The molecule has 17 nitrogen and oxygen atoms in total. The summed E-state index contributed by atoms with van der Waals surface area (Å²) in [7, 11) is -1.52. The Hall–Kier alpha value is -4.36. The number of likely N-dealkylation sites (tertiary alicyclic amines) is 1. The number of aliphatic hydroxyl groups is 1. The lowest BCUT2D eigenvalue weighted by molar-refractivity contribution is 0.212. The average molecular weight is 705 g/mol. The molecule has 0 bridgehead atoms. The molecule has 0 radical (unpaired) electrons. The van der Waals surface area contributed by atoms with Crippen LogP contribution >= 0.6 is 11.6 Å². The van der Waals surface area contributed by atoms with E-state index in [0.717, 1.165) is 56.2 Å². The maximum Gasteiger partial charge on any atom is 0.264 e. The van der Waals surface area contributed by atoms with E-state index >= 15 is 0 Å². The van der Waals surface area contributed by atoms with Gasteiger partial charge in [0, 0.05) is 68.5 Å². The molecule has 5 aromatic heterocycles. The molecule has 2 aliphatic rings. The van der Waals surface area contributed by atoms with Crippen LogP contribution in [0.25, 0.3) is 0 Å². The van der Waals surface area contributed by atoms with Crippen LogP contribution in [0.2, 0.25) is 5.02 Å². The van der Waals surface area contributed by atoms with E-state index in [1.807, 2.05) is 19.3 Å². The number of fused-ring (bicyclic) bond motifs is 1. The predicted octanol–water partition coefficient (Wildman–Crippen LogP) is 3.26. The average Bonchev–Trinajstić information content (AvgIpc) is 3.87. The van der Waals surface area contributed by atoms with E-state index < -0.39 is 10.1 Å². The van der Waals surface area contributed by atoms with E-state index in [2.05, 4.69) is 67.7 Å². The van der Waals surface area contributed by atoms with Crippen molar-refractivity contribution in [1.82, 2.24) is 40.1 Å². The predicted molar refractivity (Wildman–Crippen MR) is 172 cm³/mol. The monoisotopic (exact) mass is 704 g/mol. The van der Waals surface area contributed by atoms with E-state index in [4.69, 9.17) is 26.2 Å². The highest BCUT2D eigenvalue weighted by Crippen LogP contribution is 2.53. The van der Waals surface area contributed by atoms with Gasteiger partial charge in [0.25, 0.3) is 10.1 Å². The van der Waals surface area contributed by atoms with Crippen LogP contribution in [-0.2, 0) is 41.1 Å². The second-order valence-electron chi connectivity index (χ2n) is 12.1. The minimum absolute atomic E-state index is 0.0694. The van der Waals surface area contributed by atoms with E-state index in [1.165, 1.54) is 18.5 Å². The Bertz CT molecular complexity index is 1820. The first-order chi connectivity index (χ1) is 22.8. The number of halogens is 1. The molecule has 2 atom stereocenters. The number of hydrogen-bond donors (Lipinski definition) is 2. The van der Waals surface area contributed by atoms with Gasteiger partial charge in [-0.05, 0) is 0 Å². The van der Waals surface area contributed by atoms with Crippen molar-refractivity contribution >= 4 is 39.2 Å². The molecule has 7 heterocycles. The first-order valence-electron chi connectivity index (χ1n) is 14.7. The largest absolute Gasteiger partial charge is 0.388 e. The quantitative estimate of drug-likeness (QED) is 0.211. The Morgan fingerprint density at radius 2 is 1.56 bits per heavy atom. The van der Waals surface area contributed by atoms with Crippen molar-refractivity contribution in [3.8, 4) is 0 Å². The maximum absolute atomic E-state index is 10.4. The fraction of sp³-hybridized carbons (Fsp3) is 0.448. The highest BCUT2D eigenvalue weighted by atomic mass is 35.5. The van der Waals surface area contributed by atoms with Gasteiger partial charge < -0.3 is 28.9 Å². The molecular weight excluding hydrogens is 668 g/mol. The second kappa shape index (κ2) is 14.8. The third-order valence-corrected chi connectivity index (χ3v) is 8.90. The van der Waals surface area contributed by atoms with Crippen molar-refractivity contribution in [2.75, 3.05) is 42.7 Å². The summed E-state index contributed by atoms with van der Waals surface area (Å²) in [6.07, 6.45) is 10.9. The molecule has 19 heteroatoms. The molecule has 2 fully saturated rings. The summed E-state index contributed by atoms with van der Waals surface area (Å²) in [6, 6.07) is 5.08. The van der Waals surface area contributed by atoms with Crippen molar-refractivity contribution in [2.24, 2.45) is 17.9 Å². The van der Waals surface area contributed by atoms with Crippen molar-refractivity contribution in [2.45, 2.75) is 33.6 Å². The van der Waals surface area contributed by atoms with E-state index in [9.17, 15) is 8.42 Å². The standard InChI is InChI=1S/C20H25ClN8O.C5H7NO4S.C4H5NO2/c1-19-10-28(9-15-4-5-24-30-15)11-20(19,2)13-29(12-19)17-16(21)7-22-18(26-17)25-14-6-23-27(3)8-14;1-11(7,8)9-4-5-2-3-6-10-5;6-3-4-1-2-5-7-4/h4-8H,9-13H2,1-3H3,(H,22,25,26);2-3H,4H2,1H3;1-2,6H,3H2/t19-,20+;;. The summed E-state index contributed by atoms with van der Waals surface area (Å²) in [5.41, 5.74) is 1.09. The van der Waals surface area contributed by atoms with Crippen molar-refractivity contribution in [3.63, 3.8) is 0 Å². The zero-order valence-electron chi connectivity index (χ0n) is 26.9. The zero-order chi connectivity index (χ0) is 34.4. The lowest BCUT2D eigenvalue weighted by Crippen LogP contribution is -2.34. The van der Waals surface area contributed by atoms with Crippen molar-refractivity contribution in [1.29, 1.82) is 0 Å². The fourth-order valence-corrected chi connectivity index (χ4v) is 6.21. The van der Waals surface area contributed by atoms with Crippen LogP contribution in [0.1, 0.15) is 31.1 Å². The Morgan fingerprint density at radius 3 is 2.06 bits per heavy atom.